The van der Waals surface area contributed by atoms with Crippen LogP contribution in [0.2, 0.25) is 0 Å². The van der Waals surface area contributed by atoms with Gasteiger partial charge in [-0.2, -0.15) is 0 Å². The smallest absolute Gasteiger partial charge is 0.271 e. The van der Waals surface area contributed by atoms with Gasteiger partial charge in [-0.05, 0) is 30.5 Å². The largest absolute Gasteiger partial charge is 0.340 e. The molecule has 2 aromatic heterocycles. The van der Waals surface area contributed by atoms with Crippen molar-refractivity contribution in [3.05, 3.63) is 93.4 Å². The second kappa shape index (κ2) is 10.1. The Morgan fingerprint density at radius 2 is 1.91 bits per heavy atom. The fourth-order valence-electron chi connectivity index (χ4n) is 3.27. The number of thiazole rings is 1. The number of hydrogen-bond donors (Lipinski definition) is 1. The molecule has 6 nitrogen and oxygen atoms in total. The van der Waals surface area contributed by atoms with Gasteiger partial charge in [0.1, 0.15) is 11.5 Å². The van der Waals surface area contributed by atoms with Crippen LogP contribution < -0.4 is 5.32 Å². The van der Waals surface area contributed by atoms with E-state index < -0.39 is 6.04 Å². The predicted octanol–water partition coefficient (Wildman–Crippen LogP) is 4.73. The van der Waals surface area contributed by atoms with Crippen LogP contribution in [-0.2, 0) is 19.2 Å². The molecule has 1 amide bonds. The Kier molecular flexibility index (Phi) is 6.96. The number of amides is 1. The van der Waals surface area contributed by atoms with Gasteiger partial charge in [0.2, 0.25) is 0 Å². The van der Waals surface area contributed by atoms with Crippen molar-refractivity contribution in [3.8, 4) is 0 Å². The van der Waals surface area contributed by atoms with Crippen LogP contribution in [-0.4, -0.2) is 25.7 Å². The summed E-state index contributed by atoms with van der Waals surface area (Å²) in [5.41, 5.74) is 2.06. The van der Waals surface area contributed by atoms with Gasteiger partial charge >= 0.3 is 0 Å². The highest BCUT2D eigenvalue weighted by atomic mass is 32.2. The van der Waals surface area contributed by atoms with Crippen LogP contribution in [0.5, 0.6) is 0 Å². The van der Waals surface area contributed by atoms with E-state index in [0.29, 0.717) is 34.4 Å². The van der Waals surface area contributed by atoms with Gasteiger partial charge in [-0.3, -0.25) is 4.79 Å². The minimum atomic E-state index is -0.396. The number of thioether (sulfide) groups is 1. The Morgan fingerprint density at radius 1 is 1.16 bits per heavy atom. The molecule has 9 heteroatoms. The number of nitrogens with one attached hydrogen (secondary N) is 1. The molecule has 2 heterocycles. The molecular weight excluding hydrogens is 445 g/mol. The predicted molar refractivity (Wildman–Crippen MR) is 124 cm³/mol. The summed E-state index contributed by atoms with van der Waals surface area (Å²) >= 11 is 2.84. The lowest BCUT2D eigenvalue weighted by Crippen LogP contribution is -2.32. The molecule has 0 fully saturated rings. The van der Waals surface area contributed by atoms with Gasteiger partial charge in [0.25, 0.3) is 5.91 Å². The monoisotopic (exact) mass is 467 g/mol. The van der Waals surface area contributed by atoms with Crippen molar-refractivity contribution in [1.82, 2.24) is 25.1 Å². The Balaban J connectivity index is 1.56. The zero-order chi connectivity index (χ0) is 22.5. The van der Waals surface area contributed by atoms with Gasteiger partial charge in [-0.15, -0.1) is 21.5 Å². The van der Waals surface area contributed by atoms with E-state index in [1.54, 1.807) is 17.5 Å². The molecule has 0 aliphatic rings. The molecule has 4 aromatic rings. The zero-order valence-corrected chi connectivity index (χ0v) is 19.3. The Bertz CT molecular complexity index is 1210. The summed E-state index contributed by atoms with van der Waals surface area (Å²) in [6.07, 6.45) is 0.555. The van der Waals surface area contributed by atoms with Gasteiger partial charge in [-0.1, -0.05) is 60.3 Å². The first-order valence-corrected chi connectivity index (χ1v) is 11.9. The zero-order valence-electron chi connectivity index (χ0n) is 17.7. The summed E-state index contributed by atoms with van der Waals surface area (Å²) in [6, 6.07) is 16.2. The second-order valence-electron chi connectivity index (χ2n) is 7.25. The number of nitrogens with zero attached hydrogens (tertiary/aromatic N) is 4. The number of carbonyl (C=O) groups excluding carboxylic acids is 1. The molecule has 2 aromatic carbocycles. The molecule has 32 heavy (non-hydrogen) atoms. The maximum atomic E-state index is 14.0. The average molecular weight is 468 g/mol. The minimum absolute atomic E-state index is 0.241. The van der Waals surface area contributed by atoms with Crippen molar-refractivity contribution < 1.29 is 9.18 Å². The third-order valence-corrected chi connectivity index (χ3v) is 6.78. The van der Waals surface area contributed by atoms with E-state index in [-0.39, 0.29) is 11.7 Å². The number of aryl methyl sites for hydroxylation is 1. The van der Waals surface area contributed by atoms with E-state index in [2.05, 4.69) is 20.5 Å². The van der Waals surface area contributed by atoms with Gasteiger partial charge in [0.05, 0.1) is 11.0 Å². The second-order valence-corrected chi connectivity index (χ2v) is 9.25. The molecule has 0 unspecified atom stereocenters. The lowest BCUT2D eigenvalue weighted by molar-refractivity contribution is 0.0929. The fourth-order valence-corrected chi connectivity index (χ4v) is 4.77. The van der Waals surface area contributed by atoms with Crippen molar-refractivity contribution >= 4 is 29.0 Å². The van der Waals surface area contributed by atoms with Gasteiger partial charge < -0.3 is 9.88 Å². The van der Waals surface area contributed by atoms with Crippen LogP contribution in [0, 0.1) is 12.7 Å². The van der Waals surface area contributed by atoms with Crippen LogP contribution >= 0.6 is 23.1 Å². The number of benzene rings is 2. The maximum Gasteiger partial charge on any atom is 0.271 e. The molecule has 0 radical (unpaired) electrons. The highest BCUT2D eigenvalue weighted by Crippen LogP contribution is 2.26. The van der Waals surface area contributed by atoms with Crippen molar-refractivity contribution in [3.63, 3.8) is 0 Å². The summed E-state index contributed by atoms with van der Waals surface area (Å²) in [7, 11) is 1.86. The maximum absolute atomic E-state index is 14.0. The van der Waals surface area contributed by atoms with Crippen molar-refractivity contribution in [2.24, 2.45) is 7.05 Å². The lowest BCUT2D eigenvalue weighted by Gasteiger charge is -2.18. The van der Waals surface area contributed by atoms with Crippen LogP contribution in [0.4, 0.5) is 4.39 Å². The SMILES string of the molecule is Cc1nc(C(=O)N[C@@H](Cc2ccccc2)c2nnc(SCc3ccccc3F)n2C)cs1. The first kappa shape index (κ1) is 22.2. The van der Waals surface area contributed by atoms with Crippen molar-refractivity contribution in [1.29, 1.82) is 0 Å². The lowest BCUT2D eigenvalue weighted by atomic mass is 10.1. The summed E-state index contributed by atoms with van der Waals surface area (Å²) in [5, 5.41) is 15.0. The average Bonchev–Trinajstić information content (AvgIpc) is 3.39. The van der Waals surface area contributed by atoms with Gasteiger partial charge in [-0.25, -0.2) is 9.37 Å². The van der Waals surface area contributed by atoms with Gasteiger partial charge in [0.15, 0.2) is 11.0 Å². The number of aromatic nitrogens is 4. The standard InChI is InChI=1S/C23H22FN5OS2/c1-15-25-20(14-31-15)22(30)26-19(12-16-8-4-3-5-9-16)21-27-28-23(29(21)2)32-13-17-10-6-7-11-18(17)24/h3-11,14,19H,12-13H2,1-2H3,(H,26,30)/t19-/m0/s1. The summed E-state index contributed by atoms with van der Waals surface area (Å²) < 4.78 is 15.8. The molecule has 1 atom stereocenters. The first-order valence-electron chi connectivity index (χ1n) is 10.0. The van der Waals surface area contributed by atoms with Crippen molar-refractivity contribution in [2.75, 3.05) is 0 Å². The van der Waals surface area contributed by atoms with Crippen molar-refractivity contribution in [2.45, 2.75) is 30.3 Å². The van der Waals surface area contributed by atoms with Crippen LogP contribution in [0.25, 0.3) is 0 Å². The quantitative estimate of drug-likeness (QED) is 0.380. The molecule has 164 valence electrons. The molecule has 0 saturated carbocycles. The van der Waals surface area contributed by atoms with E-state index >= 15 is 0 Å². The summed E-state index contributed by atoms with van der Waals surface area (Å²) in [4.78, 5) is 17.1. The van der Waals surface area contributed by atoms with Crippen LogP contribution in [0.3, 0.4) is 0 Å². The van der Waals surface area contributed by atoms with E-state index in [1.807, 2.05) is 54.9 Å². The molecule has 1 N–H and O–H groups in total. The van der Waals surface area contributed by atoms with Gasteiger partial charge in [0, 0.05) is 18.2 Å². The summed E-state index contributed by atoms with van der Waals surface area (Å²) in [5.74, 6) is 0.575. The minimum Gasteiger partial charge on any atom is -0.340 e. The molecule has 0 aliphatic heterocycles. The Morgan fingerprint density at radius 3 is 2.62 bits per heavy atom. The molecule has 0 saturated heterocycles. The first-order chi connectivity index (χ1) is 15.5. The fraction of sp³-hybridized carbons (Fsp3) is 0.217. The number of rotatable bonds is 8. The Labute approximate surface area is 193 Å². The van der Waals surface area contributed by atoms with E-state index in [4.69, 9.17) is 0 Å². The molecule has 0 aliphatic carbocycles. The molecular formula is C23H22FN5OS2. The molecule has 0 spiro atoms. The highest BCUT2D eigenvalue weighted by Gasteiger charge is 2.24. The van der Waals surface area contributed by atoms with E-state index in [9.17, 15) is 9.18 Å². The molecule has 4 rings (SSSR count). The summed E-state index contributed by atoms with van der Waals surface area (Å²) in [6.45, 7) is 1.87. The van der Waals surface area contributed by atoms with Crippen LogP contribution in [0.1, 0.15) is 38.5 Å². The highest BCUT2D eigenvalue weighted by molar-refractivity contribution is 7.98. The topological polar surface area (TPSA) is 72.7 Å². The third kappa shape index (κ3) is 5.23. The Hall–Kier alpha value is -3.04. The molecule has 0 bridgehead atoms. The number of carbonyl (C=O) groups is 1. The number of hydrogen-bond acceptors (Lipinski definition) is 6. The van der Waals surface area contributed by atoms with E-state index in [0.717, 1.165) is 10.6 Å². The number of halogens is 1. The van der Waals surface area contributed by atoms with E-state index in [1.165, 1.54) is 29.2 Å². The normalized spacial score (nSPS) is 12.0. The van der Waals surface area contributed by atoms with Crippen LogP contribution in [0.15, 0.2) is 65.1 Å². The third-order valence-electron chi connectivity index (χ3n) is 4.93.